The number of nitro groups is 1. The number of hydrogen-bond acceptors (Lipinski definition) is 4. The number of anilines is 1. The van der Waals surface area contributed by atoms with Gasteiger partial charge >= 0.3 is 0 Å². The normalized spacial score (nSPS) is 10.5. The summed E-state index contributed by atoms with van der Waals surface area (Å²) >= 11 is 13.3. The maximum Gasteiger partial charge on any atom is 0.288 e. The lowest BCUT2D eigenvalue weighted by molar-refractivity contribution is -0.384. The molecule has 1 aromatic heterocycles. The van der Waals surface area contributed by atoms with Crippen molar-refractivity contribution in [2.45, 2.75) is 13.5 Å². The molecule has 1 heterocycles. The molecule has 7 heteroatoms. The Bertz CT molecular complexity index is 628. The summed E-state index contributed by atoms with van der Waals surface area (Å²) in [5.41, 5.74) is 1.47. The first-order valence-electron chi connectivity index (χ1n) is 5.38. The van der Waals surface area contributed by atoms with Crippen LogP contribution in [-0.4, -0.2) is 4.92 Å². The number of nitrogens with one attached hydrogen (secondary N) is 1. The molecular weight excluding hydrogens is 307 g/mol. The van der Waals surface area contributed by atoms with E-state index < -0.39 is 4.92 Å². The molecule has 0 aliphatic heterocycles. The molecule has 1 N–H and O–H groups in total. The van der Waals surface area contributed by atoms with Gasteiger partial charge in [-0.3, -0.25) is 10.1 Å². The fourth-order valence-corrected chi connectivity index (χ4v) is 2.87. The molecule has 0 aliphatic rings. The van der Waals surface area contributed by atoms with Crippen molar-refractivity contribution in [1.29, 1.82) is 0 Å². The average Bonchev–Trinajstić information content (AvgIpc) is 2.75. The third-order valence-corrected chi connectivity index (χ3v) is 4.15. The summed E-state index contributed by atoms with van der Waals surface area (Å²) < 4.78 is 0. The van der Waals surface area contributed by atoms with Crippen LogP contribution in [0.5, 0.6) is 0 Å². The minimum Gasteiger partial charge on any atom is -0.380 e. The summed E-state index contributed by atoms with van der Waals surface area (Å²) in [5, 5.41) is 16.6. The second-order valence-corrected chi connectivity index (χ2v) is 5.80. The Morgan fingerprint density at radius 2 is 2.11 bits per heavy atom. The van der Waals surface area contributed by atoms with Gasteiger partial charge in [-0.25, -0.2) is 0 Å². The summed E-state index contributed by atoms with van der Waals surface area (Å²) in [6, 6.07) is 4.91. The summed E-state index contributed by atoms with van der Waals surface area (Å²) in [6.07, 6.45) is 0. The fraction of sp³-hybridized carbons (Fsp3) is 0.167. The van der Waals surface area contributed by atoms with E-state index in [0.717, 1.165) is 16.1 Å². The van der Waals surface area contributed by atoms with Gasteiger partial charge in [0, 0.05) is 28.6 Å². The van der Waals surface area contributed by atoms with Crippen LogP contribution in [0.25, 0.3) is 0 Å². The van der Waals surface area contributed by atoms with Crippen molar-refractivity contribution in [2.75, 3.05) is 5.32 Å². The van der Waals surface area contributed by atoms with Gasteiger partial charge in [0.25, 0.3) is 5.69 Å². The number of aryl methyl sites for hydroxylation is 1. The molecule has 0 bridgehead atoms. The molecular formula is C12H10Cl2N2O2S. The number of halogens is 2. The van der Waals surface area contributed by atoms with Crippen molar-refractivity contribution in [3.63, 3.8) is 0 Å². The Balaban J connectivity index is 2.17. The van der Waals surface area contributed by atoms with Gasteiger partial charge in [0.05, 0.1) is 9.95 Å². The van der Waals surface area contributed by atoms with Gasteiger partial charge < -0.3 is 5.32 Å². The van der Waals surface area contributed by atoms with E-state index in [4.69, 9.17) is 23.2 Å². The lowest BCUT2D eigenvalue weighted by Crippen LogP contribution is -2.00. The number of thiophene rings is 1. The molecule has 2 rings (SSSR count). The van der Waals surface area contributed by atoms with E-state index in [1.54, 1.807) is 24.3 Å². The van der Waals surface area contributed by atoms with Gasteiger partial charge in [0.2, 0.25) is 0 Å². The first-order chi connectivity index (χ1) is 8.97. The van der Waals surface area contributed by atoms with E-state index in [9.17, 15) is 10.1 Å². The number of rotatable bonds is 4. The van der Waals surface area contributed by atoms with Crippen LogP contribution in [-0.2, 0) is 6.54 Å². The molecule has 0 saturated carbocycles. The monoisotopic (exact) mass is 316 g/mol. The van der Waals surface area contributed by atoms with Crippen molar-refractivity contribution in [3.8, 4) is 0 Å². The molecule has 0 saturated heterocycles. The molecule has 100 valence electrons. The second kappa shape index (κ2) is 5.77. The van der Waals surface area contributed by atoms with Crippen LogP contribution in [0.2, 0.25) is 10.0 Å². The van der Waals surface area contributed by atoms with Crippen molar-refractivity contribution in [1.82, 2.24) is 0 Å². The third-order valence-electron chi connectivity index (χ3n) is 2.57. The molecule has 0 aliphatic carbocycles. The molecule has 0 unspecified atom stereocenters. The first kappa shape index (κ1) is 14.1. The third kappa shape index (κ3) is 3.37. The van der Waals surface area contributed by atoms with Crippen molar-refractivity contribution >= 4 is 45.9 Å². The summed E-state index contributed by atoms with van der Waals surface area (Å²) in [6.45, 7) is 2.40. The number of nitrogens with zero attached hydrogens (tertiary/aromatic N) is 1. The highest BCUT2D eigenvalue weighted by molar-refractivity contribution is 7.10. The van der Waals surface area contributed by atoms with Crippen molar-refractivity contribution in [3.05, 3.63) is 54.2 Å². The van der Waals surface area contributed by atoms with Gasteiger partial charge in [-0.15, -0.1) is 11.3 Å². The molecule has 2 aromatic rings. The zero-order valence-corrected chi connectivity index (χ0v) is 12.3. The zero-order chi connectivity index (χ0) is 14.0. The SMILES string of the molecule is Cc1cc([N+](=O)[O-])c(Cl)cc1NCc1cc(Cl)cs1. The molecule has 0 spiro atoms. The van der Waals surface area contributed by atoms with Gasteiger partial charge in [0.15, 0.2) is 0 Å². The Morgan fingerprint density at radius 1 is 1.37 bits per heavy atom. The number of benzene rings is 1. The van der Waals surface area contributed by atoms with E-state index in [2.05, 4.69) is 5.32 Å². The van der Waals surface area contributed by atoms with E-state index in [-0.39, 0.29) is 10.7 Å². The van der Waals surface area contributed by atoms with Crippen molar-refractivity contribution < 1.29 is 4.92 Å². The highest BCUT2D eigenvalue weighted by Crippen LogP contribution is 2.31. The Hall–Kier alpha value is -1.30. The minimum absolute atomic E-state index is 0.0797. The highest BCUT2D eigenvalue weighted by atomic mass is 35.5. The van der Waals surface area contributed by atoms with E-state index in [1.165, 1.54) is 6.07 Å². The van der Waals surface area contributed by atoms with Crippen LogP contribution in [0, 0.1) is 17.0 Å². The molecule has 0 fully saturated rings. The van der Waals surface area contributed by atoms with Crippen LogP contribution in [0.4, 0.5) is 11.4 Å². The van der Waals surface area contributed by atoms with E-state index >= 15 is 0 Å². The van der Waals surface area contributed by atoms with E-state index in [0.29, 0.717) is 11.6 Å². The largest absolute Gasteiger partial charge is 0.380 e. The molecule has 0 atom stereocenters. The quantitative estimate of drug-likeness (QED) is 0.645. The smallest absolute Gasteiger partial charge is 0.288 e. The van der Waals surface area contributed by atoms with E-state index in [1.807, 2.05) is 11.4 Å². The Labute approximate surface area is 124 Å². The topological polar surface area (TPSA) is 55.2 Å². The van der Waals surface area contributed by atoms with Gasteiger partial charge in [0.1, 0.15) is 5.02 Å². The highest BCUT2D eigenvalue weighted by Gasteiger charge is 2.14. The second-order valence-electron chi connectivity index (χ2n) is 3.96. The van der Waals surface area contributed by atoms with Crippen LogP contribution >= 0.6 is 34.5 Å². The first-order valence-corrected chi connectivity index (χ1v) is 7.02. The summed E-state index contributed by atoms with van der Waals surface area (Å²) in [5.74, 6) is 0. The Kier molecular flexibility index (Phi) is 4.29. The predicted octanol–water partition coefficient (Wildman–Crippen LogP) is 4.88. The summed E-state index contributed by atoms with van der Waals surface area (Å²) in [7, 11) is 0. The lowest BCUT2D eigenvalue weighted by Gasteiger charge is -2.09. The molecule has 0 radical (unpaired) electrons. The molecule has 19 heavy (non-hydrogen) atoms. The average molecular weight is 317 g/mol. The van der Waals surface area contributed by atoms with Gasteiger partial charge in [-0.1, -0.05) is 23.2 Å². The maximum atomic E-state index is 10.8. The maximum absolute atomic E-state index is 10.8. The van der Waals surface area contributed by atoms with Crippen LogP contribution in [0.1, 0.15) is 10.4 Å². The van der Waals surface area contributed by atoms with Crippen LogP contribution in [0.3, 0.4) is 0 Å². The fourth-order valence-electron chi connectivity index (χ4n) is 1.63. The minimum atomic E-state index is -0.488. The molecule has 1 aromatic carbocycles. The standard InChI is InChI=1S/C12H10Cl2N2O2S/c1-7-2-12(16(17)18)10(14)4-11(7)15-5-9-3-8(13)6-19-9/h2-4,6,15H,5H2,1H3. The summed E-state index contributed by atoms with van der Waals surface area (Å²) in [4.78, 5) is 11.3. The van der Waals surface area contributed by atoms with Crippen LogP contribution < -0.4 is 5.32 Å². The lowest BCUT2D eigenvalue weighted by atomic mass is 10.1. The van der Waals surface area contributed by atoms with Crippen molar-refractivity contribution in [2.24, 2.45) is 0 Å². The zero-order valence-electron chi connectivity index (χ0n) is 9.94. The van der Waals surface area contributed by atoms with Crippen LogP contribution in [0.15, 0.2) is 23.6 Å². The van der Waals surface area contributed by atoms with Gasteiger partial charge in [-0.05, 0) is 24.6 Å². The molecule has 0 amide bonds. The number of hydrogen-bond donors (Lipinski definition) is 1. The predicted molar refractivity (Wildman–Crippen MR) is 79.5 cm³/mol. The Morgan fingerprint density at radius 3 is 2.68 bits per heavy atom. The number of nitro benzene ring substituents is 1. The van der Waals surface area contributed by atoms with Gasteiger partial charge in [-0.2, -0.15) is 0 Å². The molecule has 4 nitrogen and oxygen atoms in total.